The van der Waals surface area contributed by atoms with Crippen LogP contribution in [0.3, 0.4) is 0 Å². The molecule has 0 aliphatic carbocycles. The summed E-state index contributed by atoms with van der Waals surface area (Å²) in [5, 5.41) is 11.9. The summed E-state index contributed by atoms with van der Waals surface area (Å²) in [6, 6.07) is 6.81. The predicted molar refractivity (Wildman–Crippen MR) is 91.1 cm³/mol. The minimum Gasteiger partial charge on any atom is -0.508 e. The second kappa shape index (κ2) is 9.18. The molecule has 0 aliphatic rings. The Hall–Kier alpha value is -2.04. The highest BCUT2D eigenvalue weighted by Gasteiger charge is 2.22. The van der Waals surface area contributed by atoms with Gasteiger partial charge in [0.25, 0.3) is 0 Å². The summed E-state index contributed by atoms with van der Waals surface area (Å²) in [6.45, 7) is 9.69. The van der Waals surface area contributed by atoms with Crippen molar-refractivity contribution in [3.05, 3.63) is 29.8 Å². The largest absolute Gasteiger partial charge is 0.508 e. The lowest BCUT2D eigenvalue weighted by atomic mass is 10.1. The first kappa shape index (κ1) is 19.0. The molecule has 5 nitrogen and oxygen atoms in total. The van der Waals surface area contributed by atoms with Gasteiger partial charge in [0.15, 0.2) is 0 Å². The third kappa shape index (κ3) is 7.17. The zero-order valence-electron chi connectivity index (χ0n) is 14.5. The zero-order chi connectivity index (χ0) is 17.4. The Bertz CT molecular complexity index is 500. The number of amides is 2. The molecule has 0 atom stereocenters. The molecular weight excluding hydrogens is 292 g/mol. The van der Waals surface area contributed by atoms with E-state index in [1.54, 1.807) is 29.2 Å². The van der Waals surface area contributed by atoms with Crippen LogP contribution in [0.2, 0.25) is 0 Å². The monoisotopic (exact) mass is 320 g/mol. The Morgan fingerprint density at radius 2 is 1.57 bits per heavy atom. The van der Waals surface area contributed by atoms with Gasteiger partial charge in [-0.15, -0.1) is 0 Å². The number of carbonyl (C=O) groups is 2. The molecule has 0 bridgehead atoms. The summed E-state index contributed by atoms with van der Waals surface area (Å²) in [6.07, 6.45) is 0.619. The standard InChI is InChI=1S/C18H28N2O3/c1-13(2)11-20(12-14(3)4)18(23)17(22)19-10-9-15-5-7-16(21)8-6-15/h5-8,13-14,21H,9-12H2,1-4H3,(H,19,22). The zero-order valence-corrected chi connectivity index (χ0v) is 14.5. The van der Waals surface area contributed by atoms with Crippen LogP contribution in [0.4, 0.5) is 0 Å². The Morgan fingerprint density at radius 3 is 2.04 bits per heavy atom. The van der Waals surface area contributed by atoms with Crippen LogP contribution < -0.4 is 5.32 Å². The summed E-state index contributed by atoms with van der Waals surface area (Å²) in [4.78, 5) is 26.0. The van der Waals surface area contributed by atoms with Crippen molar-refractivity contribution in [2.45, 2.75) is 34.1 Å². The highest BCUT2D eigenvalue weighted by Crippen LogP contribution is 2.09. The second-order valence-corrected chi connectivity index (χ2v) is 6.67. The van der Waals surface area contributed by atoms with Gasteiger partial charge >= 0.3 is 11.8 Å². The van der Waals surface area contributed by atoms with Gasteiger partial charge in [-0.2, -0.15) is 0 Å². The SMILES string of the molecule is CC(C)CN(CC(C)C)C(=O)C(=O)NCCc1ccc(O)cc1. The molecule has 1 rings (SSSR count). The lowest BCUT2D eigenvalue weighted by Gasteiger charge is -2.25. The number of hydrogen-bond donors (Lipinski definition) is 2. The van der Waals surface area contributed by atoms with Gasteiger partial charge in [0.2, 0.25) is 0 Å². The molecule has 0 saturated carbocycles. The van der Waals surface area contributed by atoms with Crippen LogP contribution in [0.5, 0.6) is 5.75 Å². The minimum atomic E-state index is -0.551. The molecule has 0 aromatic heterocycles. The average Bonchev–Trinajstić information content (AvgIpc) is 2.46. The van der Waals surface area contributed by atoms with Crippen LogP contribution >= 0.6 is 0 Å². The van der Waals surface area contributed by atoms with Crippen molar-refractivity contribution in [2.24, 2.45) is 11.8 Å². The molecule has 23 heavy (non-hydrogen) atoms. The Labute approximate surface area is 138 Å². The van der Waals surface area contributed by atoms with Crippen LogP contribution in [0.25, 0.3) is 0 Å². The van der Waals surface area contributed by atoms with Crippen molar-refractivity contribution in [3.8, 4) is 5.75 Å². The number of carbonyl (C=O) groups excluding carboxylic acids is 2. The quantitative estimate of drug-likeness (QED) is 0.757. The molecule has 128 valence electrons. The van der Waals surface area contributed by atoms with E-state index in [0.29, 0.717) is 37.9 Å². The fourth-order valence-corrected chi connectivity index (χ4v) is 2.32. The first-order valence-electron chi connectivity index (χ1n) is 8.14. The molecule has 2 N–H and O–H groups in total. The normalized spacial score (nSPS) is 10.9. The fraction of sp³-hybridized carbons (Fsp3) is 0.556. The number of aromatic hydroxyl groups is 1. The second-order valence-electron chi connectivity index (χ2n) is 6.67. The molecule has 0 fully saturated rings. The Balaban J connectivity index is 2.50. The highest BCUT2D eigenvalue weighted by molar-refractivity contribution is 6.35. The van der Waals surface area contributed by atoms with E-state index in [9.17, 15) is 14.7 Å². The van der Waals surface area contributed by atoms with E-state index >= 15 is 0 Å². The van der Waals surface area contributed by atoms with Crippen LogP contribution in [-0.4, -0.2) is 41.5 Å². The van der Waals surface area contributed by atoms with Crippen molar-refractivity contribution in [1.82, 2.24) is 10.2 Å². The number of nitrogens with one attached hydrogen (secondary N) is 1. The van der Waals surface area contributed by atoms with Gasteiger partial charge in [0.05, 0.1) is 0 Å². The first-order valence-corrected chi connectivity index (χ1v) is 8.14. The minimum absolute atomic E-state index is 0.214. The molecule has 0 spiro atoms. The average molecular weight is 320 g/mol. The van der Waals surface area contributed by atoms with Crippen LogP contribution in [0.1, 0.15) is 33.3 Å². The molecular formula is C18H28N2O3. The molecule has 1 aromatic rings. The highest BCUT2D eigenvalue weighted by atomic mass is 16.3. The Morgan fingerprint density at radius 1 is 1.04 bits per heavy atom. The number of rotatable bonds is 7. The van der Waals surface area contributed by atoms with Crippen molar-refractivity contribution in [3.63, 3.8) is 0 Å². The van der Waals surface area contributed by atoms with Crippen LogP contribution in [-0.2, 0) is 16.0 Å². The lowest BCUT2D eigenvalue weighted by Crippen LogP contribution is -2.46. The van der Waals surface area contributed by atoms with E-state index in [-0.39, 0.29) is 5.75 Å². The van der Waals surface area contributed by atoms with Crippen molar-refractivity contribution in [2.75, 3.05) is 19.6 Å². The smallest absolute Gasteiger partial charge is 0.311 e. The lowest BCUT2D eigenvalue weighted by molar-refractivity contribution is -0.146. The van der Waals surface area contributed by atoms with E-state index in [1.807, 2.05) is 27.7 Å². The van der Waals surface area contributed by atoms with Gasteiger partial charge in [-0.05, 0) is 36.0 Å². The fourth-order valence-electron chi connectivity index (χ4n) is 2.32. The maximum absolute atomic E-state index is 12.3. The van der Waals surface area contributed by atoms with Crippen LogP contribution in [0, 0.1) is 11.8 Å². The van der Waals surface area contributed by atoms with E-state index in [2.05, 4.69) is 5.32 Å². The molecule has 1 aromatic carbocycles. The molecule has 0 aliphatic heterocycles. The van der Waals surface area contributed by atoms with Gasteiger partial charge in [-0.25, -0.2) is 0 Å². The third-order valence-corrected chi connectivity index (χ3v) is 3.29. The van der Waals surface area contributed by atoms with Gasteiger partial charge in [-0.1, -0.05) is 39.8 Å². The first-order chi connectivity index (χ1) is 10.8. The van der Waals surface area contributed by atoms with Gasteiger partial charge in [-0.3, -0.25) is 9.59 Å². The topological polar surface area (TPSA) is 69.6 Å². The number of hydrogen-bond acceptors (Lipinski definition) is 3. The molecule has 0 radical (unpaired) electrons. The van der Waals surface area contributed by atoms with Gasteiger partial charge in [0.1, 0.15) is 5.75 Å². The molecule has 5 heteroatoms. The summed E-state index contributed by atoms with van der Waals surface area (Å²) in [5.74, 6) is -0.154. The Kier molecular flexibility index (Phi) is 7.59. The third-order valence-electron chi connectivity index (χ3n) is 3.29. The summed E-state index contributed by atoms with van der Waals surface area (Å²) in [7, 11) is 0. The van der Waals surface area contributed by atoms with E-state index in [4.69, 9.17) is 0 Å². The molecule has 0 heterocycles. The van der Waals surface area contributed by atoms with E-state index in [1.165, 1.54) is 0 Å². The number of phenols is 1. The summed E-state index contributed by atoms with van der Waals surface area (Å²) in [5.41, 5.74) is 0.997. The predicted octanol–water partition coefficient (Wildman–Crippen LogP) is 2.19. The maximum Gasteiger partial charge on any atom is 0.311 e. The molecule has 0 unspecified atom stereocenters. The maximum atomic E-state index is 12.3. The number of benzene rings is 1. The van der Waals surface area contributed by atoms with E-state index < -0.39 is 11.8 Å². The van der Waals surface area contributed by atoms with Crippen molar-refractivity contribution >= 4 is 11.8 Å². The van der Waals surface area contributed by atoms with Gasteiger partial charge in [0, 0.05) is 19.6 Å². The van der Waals surface area contributed by atoms with Crippen LogP contribution in [0.15, 0.2) is 24.3 Å². The summed E-state index contributed by atoms with van der Waals surface area (Å²) < 4.78 is 0. The van der Waals surface area contributed by atoms with Gasteiger partial charge < -0.3 is 15.3 Å². The summed E-state index contributed by atoms with van der Waals surface area (Å²) >= 11 is 0. The van der Waals surface area contributed by atoms with Crippen molar-refractivity contribution < 1.29 is 14.7 Å². The van der Waals surface area contributed by atoms with E-state index in [0.717, 1.165) is 5.56 Å². The van der Waals surface area contributed by atoms with Crippen molar-refractivity contribution in [1.29, 1.82) is 0 Å². The number of phenolic OH excluding ortho intramolecular Hbond substituents is 1. The number of nitrogens with zero attached hydrogens (tertiary/aromatic N) is 1. The molecule has 0 saturated heterocycles. The molecule has 2 amide bonds.